The molecule has 0 spiro atoms. The second-order valence-corrected chi connectivity index (χ2v) is 5.12. The highest BCUT2D eigenvalue weighted by Crippen LogP contribution is 2.11. The quantitative estimate of drug-likeness (QED) is 0.739. The molecule has 0 aromatic carbocycles. The molecular formula is C12H28NO2+. The fraction of sp³-hybridized carbons (Fsp3) is 0.917. The molecule has 0 rings (SSSR count). The Balaban J connectivity index is 0. The van der Waals surface area contributed by atoms with Gasteiger partial charge in [0.2, 0.25) is 0 Å². The standard InChI is InChI=1S/C7H18N.C5H10O2/c1-5-8(4,6-2)7-3;1-5(2,3)4(6)7/h5-7H2,1-4H3;1-3H3,(H,6,7)/q+1;. The van der Waals surface area contributed by atoms with Gasteiger partial charge in [0, 0.05) is 0 Å². The lowest BCUT2D eigenvalue weighted by molar-refractivity contribution is -0.904. The fourth-order valence-corrected chi connectivity index (χ4v) is 0.671. The number of aliphatic carboxylic acids is 1. The van der Waals surface area contributed by atoms with E-state index in [0.29, 0.717) is 0 Å². The van der Waals surface area contributed by atoms with Crippen molar-refractivity contribution in [2.75, 3.05) is 26.7 Å². The minimum atomic E-state index is -0.757. The first-order chi connectivity index (χ1) is 6.63. The first-order valence-corrected chi connectivity index (χ1v) is 5.69. The van der Waals surface area contributed by atoms with Gasteiger partial charge in [-0.2, -0.15) is 0 Å². The molecule has 15 heavy (non-hydrogen) atoms. The Labute approximate surface area is 94.7 Å². The van der Waals surface area contributed by atoms with Crippen LogP contribution >= 0.6 is 0 Å². The molecule has 0 aliphatic heterocycles. The van der Waals surface area contributed by atoms with Gasteiger partial charge in [0.05, 0.1) is 32.1 Å². The van der Waals surface area contributed by atoms with Gasteiger partial charge in [-0.3, -0.25) is 4.79 Å². The predicted molar refractivity (Wildman–Crippen MR) is 64.9 cm³/mol. The van der Waals surface area contributed by atoms with Crippen molar-refractivity contribution in [3.05, 3.63) is 0 Å². The molecule has 0 unspecified atom stereocenters. The van der Waals surface area contributed by atoms with Crippen molar-refractivity contribution >= 4 is 5.97 Å². The first-order valence-electron chi connectivity index (χ1n) is 5.69. The molecule has 3 nitrogen and oxygen atoms in total. The van der Waals surface area contributed by atoms with Gasteiger partial charge in [0.25, 0.3) is 0 Å². The molecule has 0 saturated carbocycles. The average molecular weight is 218 g/mol. The summed E-state index contributed by atoms with van der Waals surface area (Å²) in [4.78, 5) is 10.0. The highest BCUT2D eigenvalue weighted by molar-refractivity contribution is 5.72. The summed E-state index contributed by atoms with van der Waals surface area (Å²) >= 11 is 0. The van der Waals surface area contributed by atoms with E-state index in [2.05, 4.69) is 27.8 Å². The molecule has 0 heterocycles. The van der Waals surface area contributed by atoms with Crippen LogP contribution in [0, 0.1) is 5.41 Å². The molecule has 0 aliphatic carbocycles. The minimum absolute atomic E-state index is 0.583. The molecule has 1 N–H and O–H groups in total. The van der Waals surface area contributed by atoms with Gasteiger partial charge in [-0.15, -0.1) is 0 Å². The minimum Gasteiger partial charge on any atom is -0.481 e. The Kier molecular flexibility index (Phi) is 7.67. The number of carbonyl (C=O) groups is 1. The maximum atomic E-state index is 10.0. The van der Waals surface area contributed by atoms with Gasteiger partial charge < -0.3 is 9.59 Å². The van der Waals surface area contributed by atoms with Crippen LogP contribution < -0.4 is 0 Å². The Bertz CT molecular complexity index is 170. The third-order valence-electron chi connectivity index (χ3n) is 2.93. The largest absolute Gasteiger partial charge is 0.481 e. The summed E-state index contributed by atoms with van der Waals surface area (Å²) in [5.41, 5.74) is -0.583. The third-order valence-corrected chi connectivity index (χ3v) is 2.93. The molecule has 0 bridgehead atoms. The Hall–Kier alpha value is -0.570. The highest BCUT2D eigenvalue weighted by atomic mass is 16.4. The number of rotatable bonds is 3. The summed E-state index contributed by atoms with van der Waals surface area (Å²) in [6.45, 7) is 15.5. The van der Waals surface area contributed by atoms with Gasteiger partial charge in [-0.05, 0) is 41.5 Å². The summed E-state index contributed by atoms with van der Waals surface area (Å²) < 4.78 is 1.21. The molecule has 0 saturated heterocycles. The molecule has 0 atom stereocenters. The zero-order chi connectivity index (χ0) is 12.7. The fourth-order valence-electron chi connectivity index (χ4n) is 0.671. The monoisotopic (exact) mass is 218 g/mol. The van der Waals surface area contributed by atoms with E-state index < -0.39 is 11.4 Å². The van der Waals surface area contributed by atoms with E-state index in [9.17, 15) is 4.79 Å². The van der Waals surface area contributed by atoms with Crippen molar-refractivity contribution in [1.29, 1.82) is 0 Å². The maximum Gasteiger partial charge on any atom is 0.308 e. The van der Waals surface area contributed by atoms with E-state index in [1.54, 1.807) is 20.8 Å². The van der Waals surface area contributed by atoms with E-state index in [-0.39, 0.29) is 0 Å². The lowest BCUT2D eigenvalue weighted by atomic mass is 9.98. The van der Waals surface area contributed by atoms with Crippen molar-refractivity contribution < 1.29 is 14.4 Å². The van der Waals surface area contributed by atoms with Crippen molar-refractivity contribution in [3.63, 3.8) is 0 Å². The van der Waals surface area contributed by atoms with E-state index in [1.807, 2.05) is 0 Å². The van der Waals surface area contributed by atoms with Crippen LogP contribution in [-0.2, 0) is 4.79 Å². The van der Waals surface area contributed by atoms with Crippen LogP contribution in [-0.4, -0.2) is 42.2 Å². The Morgan fingerprint density at radius 3 is 1.27 bits per heavy atom. The van der Waals surface area contributed by atoms with Crippen molar-refractivity contribution in [1.82, 2.24) is 0 Å². The number of quaternary nitrogens is 1. The van der Waals surface area contributed by atoms with Crippen LogP contribution in [0.25, 0.3) is 0 Å². The molecule has 0 aromatic rings. The number of hydrogen-bond acceptors (Lipinski definition) is 1. The van der Waals surface area contributed by atoms with Gasteiger partial charge in [0.15, 0.2) is 0 Å². The third kappa shape index (κ3) is 8.43. The Morgan fingerprint density at radius 1 is 1.07 bits per heavy atom. The van der Waals surface area contributed by atoms with E-state index in [0.717, 1.165) is 0 Å². The molecule has 3 heteroatoms. The van der Waals surface area contributed by atoms with Crippen molar-refractivity contribution in [2.24, 2.45) is 5.41 Å². The second kappa shape index (κ2) is 6.83. The summed E-state index contributed by atoms with van der Waals surface area (Å²) in [5, 5.41) is 8.25. The van der Waals surface area contributed by atoms with Crippen LogP contribution in [0.1, 0.15) is 41.5 Å². The smallest absolute Gasteiger partial charge is 0.308 e. The molecule has 0 aliphatic rings. The summed E-state index contributed by atoms with van der Waals surface area (Å²) in [7, 11) is 2.29. The Morgan fingerprint density at radius 2 is 1.27 bits per heavy atom. The lowest BCUT2D eigenvalue weighted by Gasteiger charge is -2.30. The van der Waals surface area contributed by atoms with E-state index in [1.165, 1.54) is 24.1 Å². The zero-order valence-electron chi connectivity index (χ0n) is 11.4. The van der Waals surface area contributed by atoms with Crippen LogP contribution in [0.4, 0.5) is 0 Å². The molecule has 92 valence electrons. The van der Waals surface area contributed by atoms with Gasteiger partial charge in [-0.25, -0.2) is 0 Å². The van der Waals surface area contributed by atoms with Crippen molar-refractivity contribution in [2.45, 2.75) is 41.5 Å². The normalized spacial score (nSPS) is 11.7. The maximum absolute atomic E-state index is 10.0. The summed E-state index contributed by atoms with van der Waals surface area (Å²) in [6.07, 6.45) is 0. The van der Waals surface area contributed by atoms with Crippen LogP contribution in [0.2, 0.25) is 0 Å². The molecule has 0 aromatic heterocycles. The highest BCUT2D eigenvalue weighted by Gasteiger charge is 2.18. The molecule has 0 amide bonds. The van der Waals surface area contributed by atoms with Gasteiger partial charge in [-0.1, -0.05) is 0 Å². The van der Waals surface area contributed by atoms with Crippen molar-refractivity contribution in [3.8, 4) is 0 Å². The average Bonchev–Trinajstić information content (AvgIpc) is 2.16. The predicted octanol–water partition coefficient (Wildman–Crippen LogP) is 2.61. The number of carboxylic acids is 1. The van der Waals surface area contributed by atoms with E-state index >= 15 is 0 Å². The zero-order valence-corrected chi connectivity index (χ0v) is 11.4. The molecule has 0 fully saturated rings. The lowest BCUT2D eigenvalue weighted by Crippen LogP contribution is -2.42. The van der Waals surface area contributed by atoms with Crippen LogP contribution in [0.3, 0.4) is 0 Å². The molecular weight excluding hydrogens is 190 g/mol. The van der Waals surface area contributed by atoms with E-state index in [4.69, 9.17) is 5.11 Å². The summed E-state index contributed by atoms with van der Waals surface area (Å²) in [6, 6.07) is 0. The summed E-state index contributed by atoms with van der Waals surface area (Å²) in [5.74, 6) is -0.757. The van der Waals surface area contributed by atoms with Gasteiger partial charge in [0.1, 0.15) is 0 Å². The SMILES string of the molecule is CC(C)(C)C(=O)O.CC[N+](C)(CC)CC. The number of nitrogens with zero attached hydrogens (tertiary/aromatic N) is 1. The number of hydrogen-bond donors (Lipinski definition) is 1. The molecule has 0 radical (unpaired) electrons. The first kappa shape index (κ1) is 16.8. The van der Waals surface area contributed by atoms with Crippen LogP contribution in [0.15, 0.2) is 0 Å². The number of carboxylic acid groups (broad SMARTS) is 1. The topological polar surface area (TPSA) is 37.3 Å². The second-order valence-electron chi connectivity index (χ2n) is 5.12. The van der Waals surface area contributed by atoms with Crippen LogP contribution in [0.5, 0.6) is 0 Å². The van der Waals surface area contributed by atoms with Gasteiger partial charge >= 0.3 is 5.97 Å².